The van der Waals surface area contributed by atoms with Gasteiger partial charge in [0, 0.05) is 30.3 Å². The lowest BCUT2D eigenvalue weighted by Crippen LogP contribution is -2.40. The Labute approximate surface area is 257 Å². The minimum absolute atomic E-state index is 0.216. The van der Waals surface area contributed by atoms with Gasteiger partial charge >= 0.3 is 14.8 Å². The first-order chi connectivity index (χ1) is 21.2. The number of benzene rings is 2. The molecule has 0 aliphatic carbocycles. The minimum Gasteiger partial charge on any atom is -0.538 e. The number of amides is 2. The van der Waals surface area contributed by atoms with E-state index in [4.69, 9.17) is 4.65 Å². The topological polar surface area (TPSA) is 136 Å². The molecule has 4 aromatic rings. The van der Waals surface area contributed by atoms with Crippen LogP contribution in [-0.4, -0.2) is 54.8 Å². The van der Waals surface area contributed by atoms with Crippen molar-refractivity contribution in [1.29, 1.82) is 0 Å². The third kappa shape index (κ3) is 8.87. The summed E-state index contributed by atoms with van der Waals surface area (Å²) >= 11 is 0. The van der Waals surface area contributed by atoms with Gasteiger partial charge in [0.25, 0.3) is 5.91 Å². The Morgan fingerprint density at radius 3 is 2.32 bits per heavy atom. The molecule has 2 aromatic carbocycles. The van der Waals surface area contributed by atoms with Crippen molar-refractivity contribution in [2.75, 3.05) is 13.1 Å². The predicted octanol–water partition coefficient (Wildman–Crippen LogP) is 0.155. The molecule has 0 saturated heterocycles. The van der Waals surface area contributed by atoms with Gasteiger partial charge in [-0.15, -0.1) is 0 Å². The van der Waals surface area contributed by atoms with Crippen LogP contribution >= 0.6 is 0 Å². The molecule has 0 unspecified atom stereocenters. The van der Waals surface area contributed by atoms with Gasteiger partial charge in [0.05, 0.1) is 16.7 Å². The molecule has 2 aromatic heterocycles. The summed E-state index contributed by atoms with van der Waals surface area (Å²) in [5.74, 6) is 0.0612. The maximum atomic E-state index is 13.3. The summed E-state index contributed by atoms with van der Waals surface area (Å²) in [6, 6.07) is 20.2. The van der Waals surface area contributed by atoms with Crippen LogP contribution in [0.25, 0.3) is 11.1 Å². The highest BCUT2D eigenvalue weighted by molar-refractivity contribution is 6.59. The first-order valence-electron chi connectivity index (χ1n) is 14.3. The highest BCUT2D eigenvalue weighted by Crippen LogP contribution is 2.20. The molecule has 224 valence electrons. The molecule has 0 aliphatic rings. The standard InChI is InChI=1S/C32H34B2N4O6/c1-23(2)31(39)35-14-8-15-36-32(40)28-17-27(21-38(22-28)20-26-10-4-6-13-30(26)44-33-41)24-11-7-16-37(18-24)19-25-9-3-5-12-29(25)34(42)43/h3-7,9-13,16-18,21-22,33,41-43H,1,8,14-15,19-20H2,2H3/p+2. The van der Waals surface area contributed by atoms with Gasteiger partial charge in [0.15, 0.2) is 37.9 Å². The number of pyridine rings is 2. The first-order valence-corrected chi connectivity index (χ1v) is 14.3. The van der Waals surface area contributed by atoms with Crippen molar-refractivity contribution in [3.63, 3.8) is 0 Å². The summed E-state index contributed by atoms with van der Waals surface area (Å²) in [5, 5.41) is 34.6. The summed E-state index contributed by atoms with van der Waals surface area (Å²) in [5.41, 5.74) is 4.54. The normalized spacial score (nSPS) is 10.5. The van der Waals surface area contributed by atoms with Crippen LogP contribution in [0.2, 0.25) is 0 Å². The highest BCUT2D eigenvalue weighted by Gasteiger charge is 2.20. The number of hydrogen-bond donors (Lipinski definition) is 5. The van der Waals surface area contributed by atoms with Crippen molar-refractivity contribution in [3.8, 4) is 16.9 Å². The summed E-state index contributed by atoms with van der Waals surface area (Å²) in [6.07, 6.45) is 8.08. The van der Waals surface area contributed by atoms with E-state index in [1.165, 1.54) is 0 Å². The lowest BCUT2D eigenvalue weighted by molar-refractivity contribution is -0.689. The van der Waals surface area contributed by atoms with Crippen LogP contribution < -0.4 is 29.9 Å². The molecule has 2 amide bonds. The van der Waals surface area contributed by atoms with Crippen molar-refractivity contribution in [2.24, 2.45) is 0 Å². The van der Waals surface area contributed by atoms with E-state index in [1.54, 1.807) is 31.3 Å². The molecular weight excluding hydrogens is 558 g/mol. The van der Waals surface area contributed by atoms with Crippen LogP contribution in [-0.2, 0) is 17.9 Å². The van der Waals surface area contributed by atoms with Crippen LogP contribution in [0.5, 0.6) is 5.75 Å². The fourth-order valence-electron chi connectivity index (χ4n) is 4.71. The minimum atomic E-state index is -1.58. The molecule has 0 spiro atoms. The maximum absolute atomic E-state index is 13.3. The lowest BCUT2D eigenvalue weighted by Gasteiger charge is -2.10. The molecular formula is C32H36B2N4O6+2. The zero-order chi connectivity index (χ0) is 31.5. The Hall–Kier alpha value is -4.77. The van der Waals surface area contributed by atoms with Crippen molar-refractivity contribution >= 4 is 32.1 Å². The third-order valence-corrected chi connectivity index (χ3v) is 6.92. The zero-order valence-electron chi connectivity index (χ0n) is 24.6. The average molecular weight is 594 g/mol. The van der Waals surface area contributed by atoms with Gasteiger partial charge in [-0.25, -0.2) is 4.57 Å². The number of rotatable bonds is 14. The van der Waals surface area contributed by atoms with Crippen molar-refractivity contribution in [2.45, 2.75) is 26.4 Å². The fourth-order valence-corrected chi connectivity index (χ4v) is 4.71. The molecule has 2 heterocycles. The van der Waals surface area contributed by atoms with Gasteiger partial charge < -0.3 is 30.4 Å². The van der Waals surface area contributed by atoms with Gasteiger partial charge in [-0.3, -0.25) is 9.59 Å². The van der Waals surface area contributed by atoms with Crippen LogP contribution in [0.1, 0.15) is 34.8 Å². The van der Waals surface area contributed by atoms with Gasteiger partial charge in [-0.2, -0.15) is 4.57 Å². The maximum Gasteiger partial charge on any atom is 0.504 e. The fraction of sp³-hybridized carbons (Fsp3) is 0.188. The number of carbonyl (C=O) groups excluding carboxylic acids is 2. The number of hydrogen-bond acceptors (Lipinski definition) is 6. The predicted molar refractivity (Wildman–Crippen MR) is 168 cm³/mol. The second kappa shape index (κ2) is 15.6. The van der Waals surface area contributed by atoms with Crippen LogP contribution in [0, 0.1) is 0 Å². The van der Waals surface area contributed by atoms with Crippen molar-refractivity contribution < 1.29 is 38.4 Å². The summed E-state index contributed by atoms with van der Waals surface area (Å²) in [7, 11) is -2.04. The molecule has 44 heavy (non-hydrogen) atoms. The summed E-state index contributed by atoms with van der Waals surface area (Å²) < 4.78 is 9.23. The summed E-state index contributed by atoms with van der Waals surface area (Å²) in [4.78, 5) is 25.0. The Morgan fingerprint density at radius 2 is 1.57 bits per heavy atom. The third-order valence-electron chi connectivity index (χ3n) is 6.92. The number of nitrogens with one attached hydrogen (secondary N) is 2. The number of para-hydroxylation sites is 1. The van der Waals surface area contributed by atoms with E-state index in [9.17, 15) is 24.7 Å². The van der Waals surface area contributed by atoms with Crippen LogP contribution in [0.3, 0.4) is 0 Å². The molecule has 10 nitrogen and oxygen atoms in total. The Morgan fingerprint density at radius 1 is 0.886 bits per heavy atom. The van der Waals surface area contributed by atoms with Gasteiger partial charge in [-0.05, 0) is 43.1 Å². The Bertz CT molecular complexity index is 1630. The van der Waals surface area contributed by atoms with E-state index in [-0.39, 0.29) is 11.8 Å². The van der Waals surface area contributed by atoms with E-state index in [0.29, 0.717) is 54.9 Å². The second-order valence-electron chi connectivity index (χ2n) is 10.3. The van der Waals surface area contributed by atoms with Gasteiger partial charge in [0.2, 0.25) is 5.91 Å². The van der Waals surface area contributed by atoms with Gasteiger partial charge in [0.1, 0.15) is 11.3 Å². The van der Waals surface area contributed by atoms with E-state index in [0.717, 1.165) is 22.3 Å². The molecule has 0 aliphatic heterocycles. The largest absolute Gasteiger partial charge is 0.538 e. The summed E-state index contributed by atoms with van der Waals surface area (Å²) in [6.45, 7) is 6.83. The average Bonchev–Trinajstić information content (AvgIpc) is 3.02. The quantitative estimate of drug-likeness (QED) is 0.0611. The SMILES string of the molecule is C=C(C)C(=O)NCCCNC(=O)c1cc(-c2ccc[n+](Cc3ccccc3B(O)O)c2)c[n+](Cc2ccccc2OBO)c1. The number of aromatic nitrogens is 2. The molecule has 0 bridgehead atoms. The lowest BCUT2D eigenvalue weighted by atomic mass is 9.77. The van der Waals surface area contributed by atoms with Crippen LogP contribution in [0.4, 0.5) is 0 Å². The first kappa shape index (κ1) is 32.2. The molecule has 0 radical (unpaired) electrons. The number of nitrogens with zero attached hydrogens (tertiary/aromatic N) is 2. The Balaban J connectivity index is 1.61. The van der Waals surface area contributed by atoms with E-state index in [1.807, 2.05) is 76.3 Å². The molecule has 12 heteroatoms. The van der Waals surface area contributed by atoms with E-state index in [2.05, 4.69) is 17.2 Å². The van der Waals surface area contributed by atoms with E-state index < -0.39 is 14.8 Å². The second-order valence-corrected chi connectivity index (χ2v) is 10.3. The zero-order valence-corrected chi connectivity index (χ0v) is 24.6. The smallest absolute Gasteiger partial charge is 0.504 e. The van der Waals surface area contributed by atoms with Crippen molar-refractivity contribution in [1.82, 2.24) is 10.6 Å². The molecule has 4 rings (SSSR count). The molecule has 0 saturated carbocycles. The van der Waals surface area contributed by atoms with Crippen molar-refractivity contribution in [3.05, 3.63) is 120 Å². The van der Waals surface area contributed by atoms with Gasteiger partial charge in [-0.1, -0.05) is 43.0 Å². The number of carbonyl (C=O) groups is 2. The molecule has 0 fully saturated rings. The van der Waals surface area contributed by atoms with E-state index >= 15 is 0 Å². The monoisotopic (exact) mass is 594 g/mol. The van der Waals surface area contributed by atoms with Crippen LogP contribution in [0.15, 0.2) is 104 Å². The Kier molecular flexibility index (Phi) is 11.4. The molecule has 0 atom stereocenters. The molecule has 5 N–H and O–H groups in total. The highest BCUT2D eigenvalue weighted by atomic mass is 16.5.